The minimum atomic E-state index is 0.485. The molecule has 86 valence electrons. The molecule has 0 fully saturated rings. The Balaban J connectivity index is 2.42. The van der Waals surface area contributed by atoms with Crippen molar-refractivity contribution >= 4 is 0 Å². The van der Waals surface area contributed by atoms with Crippen molar-refractivity contribution in [1.82, 2.24) is 25.5 Å². The van der Waals surface area contributed by atoms with Crippen molar-refractivity contribution in [2.75, 3.05) is 6.54 Å². The van der Waals surface area contributed by atoms with E-state index in [1.807, 2.05) is 0 Å². The van der Waals surface area contributed by atoms with Gasteiger partial charge in [0, 0.05) is 12.5 Å². The summed E-state index contributed by atoms with van der Waals surface area (Å²) < 4.78 is 0. The van der Waals surface area contributed by atoms with Crippen molar-refractivity contribution < 1.29 is 0 Å². The molecular weight excluding hydrogens is 190 g/mol. The lowest BCUT2D eigenvalue weighted by Gasteiger charge is -2.15. The molecule has 0 amide bonds. The fraction of sp³-hybridized carbons (Fsp3) is 0.900. The van der Waals surface area contributed by atoms with Crippen LogP contribution in [-0.4, -0.2) is 32.8 Å². The van der Waals surface area contributed by atoms with E-state index in [0.29, 0.717) is 6.04 Å². The zero-order valence-corrected chi connectivity index (χ0v) is 9.90. The highest BCUT2D eigenvalue weighted by Gasteiger charge is 2.11. The average molecular weight is 211 g/mol. The quantitative estimate of drug-likeness (QED) is 0.728. The highest BCUT2D eigenvalue weighted by Crippen LogP contribution is 2.04. The van der Waals surface area contributed by atoms with Gasteiger partial charge in [0.15, 0.2) is 5.82 Å². The molecular formula is C10H21N5. The van der Waals surface area contributed by atoms with Crippen LogP contribution in [0.2, 0.25) is 0 Å². The molecule has 1 N–H and O–H groups in total. The summed E-state index contributed by atoms with van der Waals surface area (Å²) in [5, 5.41) is 15.5. The van der Waals surface area contributed by atoms with Crippen LogP contribution in [0.15, 0.2) is 0 Å². The number of rotatable bonds is 7. The summed E-state index contributed by atoms with van der Waals surface area (Å²) in [5.74, 6) is 0.833. The molecule has 0 aromatic carbocycles. The van der Waals surface area contributed by atoms with Gasteiger partial charge in [-0.15, -0.1) is 10.2 Å². The van der Waals surface area contributed by atoms with E-state index in [9.17, 15) is 0 Å². The Hall–Kier alpha value is -0.970. The van der Waals surface area contributed by atoms with Crippen LogP contribution in [0.5, 0.6) is 0 Å². The van der Waals surface area contributed by atoms with Crippen LogP contribution in [0.4, 0.5) is 0 Å². The first kappa shape index (κ1) is 12.1. The van der Waals surface area contributed by atoms with Gasteiger partial charge in [0.05, 0.1) is 7.05 Å². The minimum Gasteiger partial charge on any atom is -0.314 e. The van der Waals surface area contributed by atoms with Crippen molar-refractivity contribution in [1.29, 1.82) is 0 Å². The lowest BCUT2D eigenvalue weighted by atomic mass is 10.1. The Labute approximate surface area is 91.2 Å². The molecule has 0 spiro atoms. The smallest absolute Gasteiger partial charge is 0.176 e. The molecule has 0 aliphatic carbocycles. The van der Waals surface area contributed by atoms with Gasteiger partial charge in [-0.3, -0.25) is 0 Å². The molecule has 0 bridgehead atoms. The Morgan fingerprint density at radius 1 is 1.40 bits per heavy atom. The van der Waals surface area contributed by atoms with Crippen LogP contribution in [0, 0.1) is 0 Å². The summed E-state index contributed by atoms with van der Waals surface area (Å²) in [4.78, 5) is 1.51. The molecule has 1 aromatic heterocycles. The maximum absolute atomic E-state index is 4.20. The number of unbranched alkanes of at least 4 members (excludes halogenated alkanes) is 1. The highest BCUT2D eigenvalue weighted by molar-refractivity contribution is 4.84. The average Bonchev–Trinajstić information content (AvgIpc) is 2.61. The molecule has 1 atom stereocenters. The third-order valence-electron chi connectivity index (χ3n) is 2.38. The van der Waals surface area contributed by atoms with E-state index in [1.54, 1.807) is 7.05 Å². The number of hydrogen-bond donors (Lipinski definition) is 1. The van der Waals surface area contributed by atoms with Crippen LogP contribution in [0.1, 0.15) is 38.9 Å². The van der Waals surface area contributed by atoms with Gasteiger partial charge in [0.25, 0.3) is 0 Å². The fourth-order valence-corrected chi connectivity index (χ4v) is 1.64. The number of hydrogen-bond acceptors (Lipinski definition) is 4. The molecule has 0 aliphatic heterocycles. The zero-order chi connectivity index (χ0) is 11.1. The second-order valence-corrected chi connectivity index (χ2v) is 3.80. The van der Waals surface area contributed by atoms with Gasteiger partial charge in [-0.1, -0.05) is 26.7 Å². The van der Waals surface area contributed by atoms with E-state index in [2.05, 4.69) is 34.6 Å². The molecule has 0 saturated heterocycles. The predicted molar refractivity (Wildman–Crippen MR) is 59.5 cm³/mol. The van der Waals surface area contributed by atoms with Gasteiger partial charge in [-0.2, -0.15) is 4.80 Å². The number of aromatic nitrogens is 4. The second-order valence-electron chi connectivity index (χ2n) is 3.80. The Kier molecular flexibility index (Phi) is 5.25. The number of likely N-dealkylation sites (N-methyl/N-ethyl adjacent to an activating group) is 1. The molecule has 1 rings (SSSR count). The van der Waals surface area contributed by atoms with E-state index in [1.165, 1.54) is 24.1 Å². The molecule has 5 heteroatoms. The Morgan fingerprint density at radius 3 is 2.73 bits per heavy atom. The minimum absolute atomic E-state index is 0.485. The van der Waals surface area contributed by atoms with Gasteiger partial charge in [-0.05, 0) is 18.2 Å². The monoisotopic (exact) mass is 211 g/mol. The summed E-state index contributed by atoms with van der Waals surface area (Å²) in [6.07, 6.45) is 4.54. The van der Waals surface area contributed by atoms with Crippen LogP contribution in [-0.2, 0) is 13.5 Å². The lowest BCUT2D eigenvalue weighted by Crippen LogP contribution is -2.31. The summed E-state index contributed by atoms with van der Waals surface area (Å²) >= 11 is 0. The first-order chi connectivity index (χ1) is 7.26. The molecule has 0 saturated carbocycles. The van der Waals surface area contributed by atoms with Crippen molar-refractivity contribution in [3.05, 3.63) is 5.82 Å². The Morgan fingerprint density at radius 2 is 2.20 bits per heavy atom. The molecule has 0 radical (unpaired) electrons. The molecule has 0 aliphatic rings. The van der Waals surface area contributed by atoms with Crippen LogP contribution in [0.25, 0.3) is 0 Å². The number of nitrogens with zero attached hydrogens (tertiary/aromatic N) is 4. The van der Waals surface area contributed by atoms with Crippen molar-refractivity contribution in [3.63, 3.8) is 0 Å². The Bertz CT molecular complexity index is 271. The van der Waals surface area contributed by atoms with Gasteiger partial charge >= 0.3 is 0 Å². The van der Waals surface area contributed by atoms with Gasteiger partial charge < -0.3 is 5.32 Å². The number of aryl methyl sites for hydroxylation is 1. The summed E-state index contributed by atoms with van der Waals surface area (Å²) in [7, 11) is 1.80. The summed E-state index contributed by atoms with van der Waals surface area (Å²) in [5.41, 5.74) is 0. The first-order valence-corrected chi connectivity index (χ1v) is 5.72. The highest BCUT2D eigenvalue weighted by atomic mass is 15.6. The van der Waals surface area contributed by atoms with Crippen LogP contribution >= 0.6 is 0 Å². The van der Waals surface area contributed by atoms with E-state index in [-0.39, 0.29) is 0 Å². The van der Waals surface area contributed by atoms with Gasteiger partial charge in [-0.25, -0.2) is 0 Å². The third kappa shape index (κ3) is 4.38. The topological polar surface area (TPSA) is 55.6 Å². The van der Waals surface area contributed by atoms with Crippen molar-refractivity contribution in [3.8, 4) is 0 Å². The summed E-state index contributed by atoms with van der Waals surface area (Å²) in [6, 6.07) is 0.485. The van der Waals surface area contributed by atoms with E-state index >= 15 is 0 Å². The maximum Gasteiger partial charge on any atom is 0.176 e. The predicted octanol–water partition coefficient (Wildman–Crippen LogP) is 0.921. The fourth-order valence-electron chi connectivity index (χ4n) is 1.64. The van der Waals surface area contributed by atoms with Crippen molar-refractivity contribution in [2.45, 2.75) is 45.6 Å². The number of nitrogens with one attached hydrogen (secondary N) is 1. The van der Waals surface area contributed by atoms with Gasteiger partial charge in [0.2, 0.25) is 0 Å². The molecule has 15 heavy (non-hydrogen) atoms. The first-order valence-electron chi connectivity index (χ1n) is 5.72. The second kappa shape index (κ2) is 6.50. The normalized spacial score (nSPS) is 13.0. The van der Waals surface area contributed by atoms with Crippen molar-refractivity contribution in [2.24, 2.45) is 7.05 Å². The van der Waals surface area contributed by atoms with E-state index in [4.69, 9.17) is 0 Å². The largest absolute Gasteiger partial charge is 0.314 e. The SMILES string of the molecule is CCCCC(Cc1nnn(C)n1)NCC. The molecule has 1 unspecified atom stereocenters. The standard InChI is InChI=1S/C10H21N5/c1-4-6-7-9(11-5-2)8-10-12-14-15(3)13-10/h9,11H,4-8H2,1-3H3. The van der Waals surface area contributed by atoms with E-state index < -0.39 is 0 Å². The number of tetrazole rings is 1. The zero-order valence-electron chi connectivity index (χ0n) is 9.90. The summed E-state index contributed by atoms with van der Waals surface area (Å²) in [6.45, 7) is 5.33. The van der Waals surface area contributed by atoms with Gasteiger partial charge in [0.1, 0.15) is 0 Å². The van der Waals surface area contributed by atoms with Crippen LogP contribution < -0.4 is 5.32 Å². The molecule has 5 nitrogen and oxygen atoms in total. The molecule has 1 heterocycles. The van der Waals surface area contributed by atoms with E-state index in [0.717, 1.165) is 18.8 Å². The maximum atomic E-state index is 4.20. The third-order valence-corrected chi connectivity index (χ3v) is 2.38. The molecule has 1 aromatic rings. The lowest BCUT2D eigenvalue weighted by molar-refractivity contribution is 0.464. The van der Waals surface area contributed by atoms with Crippen LogP contribution in [0.3, 0.4) is 0 Å².